The molecule has 1 aromatic heterocycles. The van der Waals surface area contributed by atoms with E-state index < -0.39 is 5.97 Å². The van der Waals surface area contributed by atoms with Crippen molar-refractivity contribution in [3.63, 3.8) is 0 Å². The van der Waals surface area contributed by atoms with Gasteiger partial charge in [-0.05, 0) is 50.9 Å². The number of rotatable bonds is 4. The van der Waals surface area contributed by atoms with Crippen LogP contribution >= 0.6 is 11.3 Å². The summed E-state index contributed by atoms with van der Waals surface area (Å²) in [4.78, 5) is 16.1. The number of carbonyl (C=O) groups is 1. The molecule has 2 aliphatic rings. The molecule has 0 spiro atoms. The van der Waals surface area contributed by atoms with E-state index in [-0.39, 0.29) is 5.56 Å². The van der Waals surface area contributed by atoms with Gasteiger partial charge in [-0.3, -0.25) is 0 Å². The van der Waals surface area contributed by atoms with E-state index in [1.807, 2.05) is 6.07 Å². The van der Waals surface area contributed by atoms with E-state index in [2.05, 4.69) is 20.0 Å². The number of aromatic nitrogens is 2. The molecule has 2 fully saturated rings. The Hall–Kier alpha value is -1.99. The van der Waals surface area contributed by atoms with Gasteiger partial charge < -0.3 is 14.9 Å². The van der Waals surface area contributed by atoms with E-state index in [9.17, 15) is 4.79 Å². The largest absolute Gasteiger partial charge is 0.478 e. The van der Waals surface area contributed by atoms with Crippen LogP contribution in [0.3, 0.4) is 0 Å². The van der Waals surface area contributed by atoms with Crippen LogP contribution in [0.25, 0.3) is 10.6 Å². The fourth-order valence-electron chi connectivity index (χ4n) is 3.95. The van der Waals surface area contributed by atoms with Crippen molar-refractivity contribution in [3.05, 3.63) is 29.8 Å². The predicted molar refractivity (Wildman–Crippen MR) is 103 cm³/mol. The molecule has 0 amide bonds. The first kappa shape index (κ1) is 17.4. The molecule has 0 aliphatic carbocycles. The smallest absolute Gasteiger partial charge is 0.335 e. The van der Waals surface area contributed by atoms with Crippen molar-refractivity contribution >= 4 is 22.4 Å². The molecular weight excluding hydrogens is 348 g/mol. The standard InChI is InChI=1S/C19H24N4O2S/c24-18(25)15-6-4-5-14(13-15)17-20-21-19(26-17)23-11-7-16(8-12-23)22-9-2-1-3-10-22/h4-6,13,16H,1-3,7-12H2,(H,24,25). The molecule has 2 aromatic rings. The number of benzene rings is 1. The molecule has 3 heterocycles. The molecule has 7 heteroatoms. The van der Waals surface area contributed by atoms with Crippen LogP contribution in [0.2, 0.25) is 0 Å². The van der Waals surface area contributed by atoms with Crippen LogP contribution in [0.15, 0.2) is 24.3 Å². The second-order valence-electron chi connectivity index (χ2n) is 7.09. The van der Waals surface area contributed by atoms with Gasteiger partial charge in [0.2, 0.25) is 5.13 Å². The number of hydrogen-bond donors (Lipinski definition) is 1. The third-order valence-corrected chi connectivity index (χ3v) is 6.45. The molecule has 0 atom stereocenters. The Kier molecular flexibility index (Phi) is 5.17. The van der Waals surface area contributed by atoms with Crippen LogP contribution in [-0.2, 0) is 0 Å². The zero-order valence-corrected chi connectivity index (χ0v) is 15.6. The lowest BCUT2D eigenvalue weighted by Gasteiger charge is -2.40. The summed E-state index contributed by atoms with van der Waals surface area (Å²) in [5.74, 6) is -0.920. The number of anilines is 1. The quantitative estimate of drug-likeness (QED) is 0.887. The molecule has 1 N–H and O–H groups in total. The van der Waals surface area contributed by atoms with Crippen molar-refractivity contribution < 1.29 is 9.90 Å². The summed E-state index contributed by atoms with van der Waals surface area (Å²) in [6.07, 6.45) is 6.43. The Bertz CT molecular complexity index is 764. The molecule has 1 aromatic carbocycles. The average molecular weight is 372 g/mol. The van der Waals surface area contributed by atoms with E-state index >= 15 is 0 Å². The van der Waals surface area contributed by atoms with Gasteiger partial charge in [0.15, 0.2) is 0 Å². The van der Waals surface area contributed by atoms with Gasteiger partial charge in [0, 0.05) is 24.7 Å². The van der Waals surface area contributed by atoms with Crippen LogP contribution in [0.5, 0.6) is 0 Å². The minimum atomic E-state index is -0.920. The van der Waals surface area contributed by atoms with Gasteiger partial charge >= 0.3 is 5.97 Å². The SMILES string of the molecule is O=C(O)c1cccc(-c2nnc(N3CCC(N4CCCCC4)CC3)s2)c1. The lowest BCUT2D eigenvalue weighted by Crippen LogP contribution is -2.46. The molecule has 26 heavy (non-hydrogen) atoms. The van der Waals surface area contributed by atoms with Crippen LogP contribution in [-0.4, -0.2) is 58.4 Å². The maximum atomic E-state index is 11.2. The summed E-state index contributed by atoms with van der Waals surface area (Å²) in [5, 5.41) is 19.5. The number of likely N-dealkylation sites (tertiary alicyclic amines) is 1. The molecule has 2 saturated heterocycles. The first-order valence-electron chi connectivity index (χ1n) is 9.37. The fourth-order valence-corrected chi connectivity index (χ4v) is 4.84. The highest BCUT2D eigenvalue weighted by atomic mass is 32.1. The Morgan fingerprint density at radius 3 is 2.58 bits per heavy atom. The van der Waals surface area contributed by atoms with Gasteiger partial charge in [-0.2, -0.15) is 0 Å². The monoisotopic (exact) mass is 372 g/mol. The van der Waals surface area contributed by atoms with Gasteiger partial charge in [-0.25, -0.2) is 4.79 Å². The molecular formula is C19H24N4O2S. The van der Waals surface area contributed by atoms with Gasteiger partial charge in [0.25, 0.3) is 0 Å². The van der Waals surface area contributed by atoms with Crippen molar-refractivity contribution in [3.8, 4) is 10.6 Å². The minimum Gasteiger partial charge on any atom is -0.478 e. The molecule has 0 unspecified atom stereocenters. The maximum Gasteiger partial charge on any atom is 0.335 e. The second kappa shape index (κ2) is 7.72. The van der Waals surface area contributed by atoms with Gasteiger partial charge in [-0.15, -0.1) is 10.2 Å². The fraction of sp³-hybridized carbons (Fsp3) is 0.526. The Labute approximate surface area is 157 Å². The topological polar surface area (TPSA) is 69.6 Å². The average Bonchev–Trinajstić information content (AvgIpc) is 3.19. The van der Waals surface area contributed by atoms with Gasteiger partial charge in [0.1, 0.15) is 5.01 Å². The summed E-state index contributed by atoms with van der Waals surface area (Å²) in [5.41, 5.74) is 1.10. The number of hydrogen-bond acceptors (Lipinski definition) is 6. The van der Waals surface area contributed by atoms with Gasteiger partial charge in [0.05, 0.1) is 5.56 Å². The van der Waals surface area contributed by atoms with E-state index in [4.69, 9.17) is 5.11 Å². The van der Waals surface area contributed by atoms with Crippen molar-refractivity contribution in [1.82, 2.24) is 15.1 Å². The molecule has 0 bridgehead atoms. The Morgan fingerprint density at radius 1 is 1.08 bits per heavy atom. The van der Waals surface area contributed by atoms with E-state index in [0.29, 0.717) is 6.04 Å². The van der Waals surface area contributed by atoms with Crippen LogP contribution in [0, 0.1) is 0 Å². The predicted octanol–water partition coefficient (Wildman–Crippen LogP) is 3.36. The number of carboxylic acid groups (broad SMARTS) is 1. The molecule has 6 nitrogen and oxygen atoms in total. The molecule has 0 saturated carbocycles. The summed E-state index contributed by atoms with van der Waals surface area (Å²) in [6.45, 7) is 4.55. The number of piperidine rings is 2. The molecule has 0 radical (unpaired) electrons. The van der Waals surface area contributed by atoms with Gasteiger partial charge in [-0.1, -0.05) is 29.9 Å². The summed E-state index contributed by atoms with van der Waals surface area (Å²) < 4.78 is 0. The highest BCUT2D eigenvalue weighted by Crippen LogP contribution is 2.31. The zero-order valence-electron chi connectivity index (χ0n) is 14.8. The normalized spacial score (nSPS) is 19.6. The minimum absolute atomic E-state index is 0.279. The zero-order chi connectivity index (χ0) is 17.9. The van der Waals surface area contributed by atoms with Crippen molar-refractivity contribution in [2.75, 3.05) is 31.1 Å². The highest BCUT2D eigenvalue weighted by molar-refractivity contribution is 7.18. The third-order valence-electron chi connectivity index (χ3n) is 5.41. The number of aromatic carboxylic acids is 1. The van der Waals surface area contributed by atoms with E-state index in [0.717, 1.165) is 28.8 Å². The Morgan fingerprint density at radius 2 is 1.85 bits per heavy atom. The summed E-state index contributed by atoms with van der Waals surface area (Å²) in [6, 6.07) is 7.61. The van der Waals surface area contributed by atoms with E-state index in [1.165, 1.54) is 45.2 Å². The Balaban J connectivity index is 1.41. The lowest BCUT2D eigenvalue weighted by atomic mass is 10.0. The number of nitrogens with zero attached hydrogens (tertiary/aromatic N) is 4. The van der Waals surface area contributed by atoms with Crippen LogP contribution in [0.1, 0.15) is 42.5 Å². The van der Waals surface area contributed by atoms with Crippen molar-refractivity contribution in [2.45, 2.75) is 38.1 Å². The van der Waals surface area contributed by atoms with Crippen molar-refractivity contribution in [2.24, 2.45) is 0 Å². The van der Waals surface area contributed by atoms with Crippen molar-refractivity contribution in [1.29, 1.82) is 0 Å². The summed E-state index contributed by atoms with van der Waals surface area (Å²) >= 11 is 1.55. The first-order chi connectivity index (χ1) is 12.7. The van der Waals surface area contributed by atoms with E-state index in [1.54, 1.807) is 29.5 Å². The molecule has 138 valence electrons. The lowest BCUT2D eigenvalue weighted by molar-refractivity contribution is 0.0697. The highest BCUT2D eigenvalue weighted by Gasteiger charge is 2.27. The third kappa shape index (κ3) is 3.73. The summed E-state index contributed by atoms with van der Waals surface area (Å²) in [7, 11) is 0. The second-order valence-corrected chi connectivity index (χ2v) is 8.05. The number of carboxylic acids is 1. The molecule has 4 rings (SSSR count). The molecule has 2 aliphatic heterocycles. The maximum absolute atomic E-state index is 11.2. The van der Waals surface area contributed by atoms with Crippen LogP contribution < -0.4 is 4.90 Å². The van der Waals surface area contributed by atoms with Crippen LogP contribution in [0.4, 0.5) is 5.13 Å². The first-order valence-corrected chi connectivity index (χ1v) is 10.2.